The molecule has 5 nitrogen and oxygen atoms in total. The summed E-state index contributed by atoms with van der Waals surface area (Å²) >= 11 is 6.12. The topological polar surface area (TPSA) is 50.8 Å². The summed E-state index contributed by atoms with van der Waals surface area (Å²) in [6.07, 6.45) is 2.10. The third kappa shape index (κ3) is 4.48. The maximum atomic E-state index is 12.6. The number of methoxy groups -OCH3 is 2. The summed E-state index contributed by atoms with van der Waals surface area (Å²) < 4.78 is 10.5. The lowest BCUT2D eigenvalue weighted by Crippen LogP contribution is -2.32. The third-order valence-corrected chi connectivity index (χ3v) is 4.81. The molecule has 0 aromatic heterocycles. The van der Waals surface area contributed by atoms with Gasteiger partial charge in [-0.05, 0) is 37.1 Å². The summed E-state index contributed by atoms with van der Waals surface area (Å²) in [5.74, 6) is 1.21. The van der Waals surface area contributed by atoms with Gasteiger partial charge in [0.25, 0.3) is 0 Å². The van der Waals surface area contributed by atoms with Crippen LogP contribution in [0, 0.1) is 0 Å². The van der Waals surface area contributed by atoms with E-state index in [1.807, 2.05) is 18.2 Å². The van der Waals surface area contributed by atoms with E-state index >= 15 is 0 Å². The molecule has 1 atom stereocenters. The fraction of sp³-hybridized carbons (Fsp3) is 0.350. The molecule has 0 saturated carbocycles. The largest absolute Gasteiger partial charge is 0.497 e. The first kappa shape index (κ1) is 18.5. The quantitative estimate of drug-likeness (QED) is 0.825. The predicted molar refractivity (Wildman–Crippen MR) is 103 cm³/mol. The fourth-order valence-electron chi connectivity index (χ4n) is 3.37. The highest BCUT2D eigenvalue weighted by Crippen LogP contribution is 2.33. The second-order valence-corrected chi connectivity index (χ2v) is 6.77. The molecule has 0 aliphatic carbocycles. The molecule has 1 N–H and O–H groups in total. The lowest BCUT2D eigenvalue weighted by atomic mass is 10.0. The van der Waals surface area contributed by atoms with Crippen molar-refractivity contribution in [2.75, 3.05) is 32.6 Å². The number of likely N-dealkylation sites (tertiary alicyclic amines) is 1. The van der Waals surface area contributed by atoms with Gasteiger partial charge in [-0.15, -0.1) is 0 Å². The summed E-state index contributed by atoms with van der Waals surface area (Å²) in [5.41, 5.74) is 1.82. The summed E-state index contributed by atoms with van der Waals surface area (Å²) in [7, 11) is 3.17. The summed E-state index contributed by atoms with van der Waals surface area (Å²) in [5, 5.41) is 3.66. The Kier molecular flexibility index (Phi) is 6.01. The van der Waals surface area contributed by atoms with E-state index in [0.29, 0.717) is 23.7 Å². The zero-order valence-electron chi connectivity index (χ0n) is 15.0. The standard InChI is InChI=1S/C20H23ClN2O3/c1-25-17-10-16(11-18(12-17)26-2)22-20(24)13-23-8-4-7-19(23)14-5-3-6-15(21)9-14/h3,5-6,9-12,19H,4,7-8,13H2,1-2H3,(H,22,24). The van der Waals surface area contributed by atoms with E-state index in [9.17, 15) is 4.79 Å². The molecule has 1 unspecified atom stereocenters. The van der Waals surface area contributed by atoms with Gasteiger partial charge >= 0.3 is 0 Å². The van der Waals surface area contributed by atoms with E-state index in [1.54, 1.807) is 32.4 Å². The van der Waals surface area contributed by atoms with Gasteiger partial charge in [0, 0.05) is 35.0 Å². The minimum atomic E-state index is -0.0609. The second-order valence-electron chi connectivity index (χ2n) is 6.33. The van der Waals surface area contributed by atoms with Crippen LogP contribution in [0.25, 0.3) is 0 Å². The molecule has 1 fully saturated rings. The average molecular weight is 375 g/mol. The van der Waals surface area contributed by atoms with Gasteiger partial charge in [-0.1, -0.05) is 23.7 Å². The minimum absolute atomic E-state index is 0.0609. The number of hydrogen-bond acceptors (Lipinski definition) is 4. The van der Waals surface area contributed by atoms with Crippen LogP contribution < -0.4 is 14.8 Å². The SMILES string of the molecule is COc1cc(NC(=O)CN2CCCC2c2cccc(Cl)c2)cc(OC)c1. The van der Waals surface area contributed by atoms with Crippen molar-refractivity contribution in [2.24, 2.45) is 0 Å². The van der Waals surface area contributed by atoms with Crippen molar-refractivity contribution in [2.45, 2.75) is 18.9 Å². The van der Waals surface area contributed by atoms with Gasteiger partial charge < -0.3 is 14.8 Å². The normalized spacial score (nSPS) is 17.1. The number of rotatable bonds is 6. The van der Waals surface area contributed by atoms with E-state index in [-0.39, 0.29) is 11.9 Å². The second kappa shape index (κ2) is 8.43. The number of nitrogens with one attached hydrogen (secondary N) is 1. The van der Waals surface area contributed by atoms with E-state index in [2.05, 4.69) is 16.3 Å². The number of amides is 1. The molecule has 1 amide bonds. The Morgan fingerprint density at radius 3 is 2.58 bits per heavy atom. The van der Waals surface area contributed by atoms with Gasteiger partial charge in [-0.3, -0.25) is 9.69 Å². The van der Waals surface area contributed by atoms with Gasteiger partial charge in [-0.2, -0.15) is 0 Å². The number of hydrogen-bond donors (Lipinski definition) is 1. The highest BCUT2D eigenvalue weighted by atomic mass is 35.5. The molecule has 1 aliphatic heterocycles. The number of halogens is 1. The van der Waals surface area contributed by atoms with Crippen LogP contribution in [-0.4, -0.2) is 38.1 Å². The summed E-state index contributed by atoms with van der Waals surface area (Å²) in [6.45, 7) is 1.22. The summed E-state index contributed by atoms with van der Waals surface area (Å²) in [4.78, 5) is 14.7. The van der Waals surface area contributed by atoms with Gasteiger partial charge in [-0.25, -0.2) is 0 Å². The zero-order valence-corrected chi connectivity index (χ0v) is 15.8. The van der Waals surface area contributed by atoms with Crippen molar-refractivity contribution in [3.63, 3.8) is 0 Å². The molecule has 2 aromatic rings. The van der Waals surface area contributed by atoms with Gasteiger partial charge in [0.15, 0.2) is 0 Å². The first-order valence-electron chi connectivity index (χ1n) is 8.61. The lowest BCUT2D eigenvalue weighted by Gasteiger charge is -2.24. The monoisotopic (exact) mass is 374 g/mol. The predicted octanol–water partition coefficient (Wildman–Crippen LogP) is 4.13. The fourth-order valence-corrected chi connectivity index (χ4v) is 3.57. The third-order valence-electron chi connectivity index (χ3n) is 4.58. The van der Waals surface area contributed by atoms with Crippen molar-refractivity contribution in [3.8, 4) is 11.5 Å². The van der Waals surface area contributed by atoms with E-state index < -0.39 is 0 Å². The summed E-state index contributed by atoms with van der Waals surface area (Å²) in [6, 6.07) is 13.4. The van der Waals surface area contributed by atoms with Crippen molar-refractivity contribution in [1.82, 2.24) is 4.90 Å². The van der Waals surface area contributed by atoms with Crippen molar-refractivity contribution >= 4 is 23.2 Å². The Hall–Kier alpha value is -2.24. The van der Waals surface area contributed by atoms with E-state index in [4.69, 9.17) is 21.1 Å². The Bertz CT molecular complexity index is 759. The van der Waals surface area contributed by atoms with Crippen LogP contribution in [0.15, 0.2) is 42.5 Å². The number of anilines is 1. The Balaban J connectivity index is 1.67. The van der Waals surface area contributed by atoms with Crippen LogP contribution >= 0.6 is 11.6 Å². The molecule has 0 radical (unpaired) electrons. The number of carbonyl (C=O) groups excluding carboxylic acids is 1. The average Bonchev–Trinajstić information content (AvgIpc) is 3.09. The molecule has 138 valence electrons. The van der Waals surface area contributed by atoms with Gasteiger partial charge in [0.05, 0.1) is 20.8 Å². The van der Waals surface area contributed by atoms with E-state index in [0.717, 1.165) is 30.0 Å². The molecule has 3 rings (SSSR count). The molecule has 1 saturated heterocycles. The molecule has 26 heavy (non-hydrogen) atoms. The molecule has 0 spiro atoms. The van der Waals surface area contributed by atoms with Crippen LogP contribution in [0.1, 0.15) is 24.4 Å². The van der Waals surface area contributed by atoms with Crippen LogP contribution in [0.5, 0.6) is 11.5 Å². The molecule has 1 heterocycles. The van der Waals surface area contributed by atoms with Crippen LogP contribution in [0.3, 0.4) is 0 Å². The highest BCUT2D eigenvalue weighted by Gasteiger charge is 2.27. The molecule has 0 bridgehead atoms. The lowest BCUT2D eigenvalue weighted by molar-refractivity contribution is -0.117. The molecule has 6 heteroatoms. The number of benzene rings is 2. The van der Waals surface area contributed by atoms with Gasteiger partial charge in [0.2, 0.25) is 5.91 Å². The van der Waals surface area contributed by atoms with Crippen LogP contribution in [0.4, 0.5) is 5.69 Å². The molecule has 2 aromatic carbocycles. The highest BCUT2D eigenvalue weighted by molar-refractivity contribution is 6.30. The molecular weight excluding hydrogens is 352 g/mol. The maximum absolute atomic E-state index is 12.6. The Morgan fingerprint density at radius 1 is 1.19 bits per heavy atom. The Morgan fingerprint density at radius 2 is 1.92 bits per heavy atom. The first-order chi connectivity index (χ1) is 12.6. The number of carbonyl (C=O) groups is 1. The number of nitrogens with zero attached hydrogens (tertiary/aromatic N) is 1. The Labute approximate surface area is 158 Å². The zero-order chi connectivity index (χ0) is 18.5. The van der Waals surface area contributed by atoms with Crippen molar-refractivity contribution in [3.05, 3.63) is 53.1 Å². The van der Waals surface area contributed by atoms with Crippen molar-refractivity contribution in [1.29, 1.82) is 0 Å². The van der Waals surface area contributed by atoms with Crippen molar-refractivity contribution < 1.29 is 14.3 Å². The van der Waals surface area contributed by atoms with Crippen LogP contribution in [-0.2, 0) is 4.79 Å². The maximum Gasteiger partial charge on any atom is 0.238 e. The molecule has 1 aliphatic rings. The number of ether oxygens (including phenoxy) is 2. The first-order valence-corrected chi connectivity index (χ1v) is 8.99. The van der Waals surface area contributed by atoms with Crippen LogP contribution in [0.2, 0.25) is 5.02 Å². The van der Waals surface area contributed by atoms with E-state index in [1.165, 1.54) is 0 Å². The van der Waals surface area contributed by atoms with Gasteiger partial charge in [0.1, 0.15) is 11.5 Å². The molecular formula is C20H23ClN2O3. The minimum Gasteiger partial charge on any atom is -0.497 e. The smallest absolute Gasteiger partial charge is 0.238 e.